The minimum absolute atomic E-state index is 0.109. The minimum atomic E-state index is -0.376. The Morgan fingerprint density at radius 3 is 2.87 bits per heavy atom. The van der Waals surface area contributed by atoms with Crippen LogP contribution in [0.25, 0.3) is 0 Å². The SMILES string of the molecule is COC[C@@H]1CCCN1C(=O)[C@H]1[C@H]2C[C@H](CN(c3nccc(C)n3)C2)[C@@H]2CCCC(=O)N21. The van der Waals surface area contributed by atoms with E-state index >= 15 is 0 Å². The Labute approximate surface area is 183 Å². The number of amides is 2. The zero-order chi connectivity index (χ0) is 21.5. The van der Waals surface area contributed by atoms with Crippen LogP contribution in [0.15, 0.2) is 12.3 Å². The zero-order valence-electron chi connectivity index (χ0n) is 18.6. The number of likely N-dealkylation sites (tertiary alicyclic amines) is 1. The monoisotopic (exact) mass is 427 g/mol. The lowest BCUT2D eigenvalue weighted by molar-refractivity contribution is -0.162. The normalized spacial score (nSPS) is 32.9. The molecule has 4 saturated heterocycles. The average molecular weight is 428 g/mol. The average Bonchev–Trinajstić information content (AvgIpc) is 3.23. The Kier molecular flexibility index (Phi) is 5.58. The van der Waals surface area contributed by atoms with Crippen LogP contribution in [0.5, 0.6) is 0 Å². The molecule has 5 atom stereocenters. The first-order chi connectivity index (χ1) is 15.1. The van der Waals surface area contributed by atoms with E-state index in [4.69, 9.17) is 4.74 Å². The number of rotatable bonds is 4. The van der Waals surface area contributed by atoms with E-state index in [9.17, 15) is 9.59 Å². The molecule has 5 rings (SSSR count). The third kappa shape index (κ3) is 3.69. The summed E-state index contributed by atoms with van der Waals surface area (Å²) in [5.74, 6) is 1.50. The van der Waals surface area contributed by atoms with E-state index in [-0.39, 0.29) is 35.9 Å². The molecule has 4 fully saturated rings. The van der Waals surface area contributed by atoms with Crippen molar-refractivity contribution in [2.24, 2.45) is 11.8 Å². The van der Waals surface area contributed by atoms with Crippen molar-refractivity contribution < 1.29 is 14.3 Å². The fourth-order valence-corrected chi connectivity index (χ4v) is 6.39. The van der Waals surface area contributed by atoms with Gasteiger partial charge in [-0.3, -0.25) is 9.59 Å². The molecular weight excluding hydrogens is 394 g/mol. The van der Waals surface area contributed by atoms with Gasteiger partial charge in [-0.25, -0.2) is 9.97 Å². The molecule has 0 aromatic carbocycles. The third-order valence-corrected chi connectivity index (χ3v) is 7.68. The highest BCUT2D eigenvalue weighted by Gasteiger charge is 2.53. The van der Waals surface area contributed by atoms with Crippen LogP contribution in [0.3, 0.4) is 0 Å². The molecule has 2 amide bonds. The van der Waals surface area contributed by atoms with Crippen LogP contribution >= 0.6 is 0 Å². The summed E-state index contributed by atoms with van der Waals surface area (Å²) in [5.41, 5.74) is 0.947. The number of aryl methyl sites for hydroxylation is 1. The van der Waals surface area contributed by atoms with Crippen molar-refractivity contribution in [3.8, 4) is 0 Å². The Morgan fingerprint density at radius 2 is 2.06 bits per heavy atom. The molecule has 4 aliphatic heterocycles. The second kappa shape index (κ2) is 8.37. The van der Waals surface area contributed by atoms with Crippen LogP contribution in [0.1, 0.15) is 44.2 Å². The van der Waals surface area contributed by atoms with Crippen molar-refractivity contribution >= 4 is 17.8 Å². The molecule has 0 saturated carbocycles. The molecule has 0 unspecified atom stereocenters. The van der Waals surface area contributed by atoms with Crippen LogP contribution in [0, 0.1) is 18.8 Å². The number of carbonyl (C=O) groups excluding carboxylic acids is 2. The number of aromatic nitrogens is 2. The van der Waals surface area contributed by atoms with Crippen molar-refractivity contribution in [3.63, 3.8) is 0 Å². The van der Waals surface area contributed by atoms with E-state index in [0.29, 0.717) is 18.9 Å². The highest BCUT2D eigenvalue weighted by atomic mass is 16.5. The summed E-state index contributed by atoms with van der Waals surface area (Å²) in [7, 11) is 1.69. The van der Waals surface area contributed by atoms with Gasteiger partial charge in [0, 0.05) is 57.0 Å². The number of hydrogen-bond acceptors (Lipinski definition) is 6. The molecule has 8 nitrogen and oxygen atoms in total. The molecule has 31 heavy (non-hydrogen) atoms. The number of anilines is 1. The fraction of sp³-hybridized carbons (Fsp3) is 0.739. The molecule has 0 spiro atoms. The Morgan fingerprint density at radius 1 is 1.23 bits per heavy atom. The van der Waals surface area contributed by atoms with Gasteiger partial charge in [-0.2, -0.15) is 0 Å². The van der Waals surface area contributed by atoms with E-state index in [1.54, 1.807) is 13.3 Å². The van der Waals surface area contributed by atoms with Gasteiger partial charge in [0.15, 0.2) is 0 Å². The molecular formula is C23H33N5O3. The number of carbonyl (C=O) groups is 2. The quantitative estimate of drug-likeness (QED) is 0.727. The van der Waals surface area contributed by atoms with E-state index < -0.39 is 0 Å². The first-order valence-corrected chi connectivity index (χ1v) is 11.7. The Balaban J connectivity index is 1.46. The number of methoxy groups -OCH3 is 1. The second-order valence-corrected chi connectivity index (χ2v) is 9.65. The summed E-state index contributed by atoms with van der Waals surface area (Å²) in [6.45, 7) is 4.87. The largest absolute Gasteiger partial charge is 0.383 e. The topological polar surface area (TPSA) is 78.9 Å². The molecule has 168 valence electrons. The van der Waals surface area contributed by atoms with Gasteiger partial charge in [-0.05, 0) is 51.0 Å². The first-order valence-electron chi connectivity index (χ1n) is 11.7. The van der Waals surface area contributed by atoms with Crippen LogP contribution in [0.2, 0.25) is 0 Å². The molecule has 0 N–H and O–H groups in total. The van der Waals surface area contributed by atoms with Gasteiger partial charge >= 0.3 is 0 Å². The van der Waals surface area contributed by atoms with Crippen LogP contribution in [0.4, 0.5) is 5.95 Å². The number of hydrogen-bond donors (Lipinski definition) is 0. The lowest BCUT2D eigenvalue weighted by atomic mass is 9.71. The van der Waals surface area contributed by atoms with Crippen molar-refractivity contribution in [2.45, 2.75) is 63.6 Å². The Bertz CT molecular complexity index is 848. The molecule has 4 aliphatic rings. The number of piperidine rings is 3. The molecule has 0 radical (unpaired) electrons. The lowest BCUT2D eigenvalue weighted by Gasteiger charge is -2.56. The maximum absolute atomic E-state index is 13.9. The molecule has 8 heteroatoms. The highest BCUT2D eigenvalue weighted by molar-refractivity contribution is 5.89. The van der Waals surface area contributed by atoms with Gasteiger partial charge in [-0.1, -0.05) is 0 Å². The summed E-state index contributed by atoms with van der Waals surface area (Å²) >= 11 is 0. The van der Waals surface area contributed by atoms with Crippen molar-refractivity contribution in [2.75, 3.05) is 38.3 Å². The molecule has 1 aromatic heterocycles. The summed E-state index contributed by atoms with van der Waals surface area (Å²) in [6.07, 6.45) is 7.24. The van der Waals surface area contributed by atoms with E-state index in [0.717, 1.165) is 63.4 Å². The molecule has 0 aliphatic carbocycles. The maximum atomic E-state index is 13.9. The van der Waals surface area contributed by atoms with Crippen molar-refractivity contribution in [3.05, 3.63) is 18.0 Å². The predicted octanol–water partition coefficient (Wildman–Crippen LogP) is 1.63. The van der Waals surface area contributed by atoms with Gasteiger partial charge < -0.3 is 19.4 Å². The van der Waals surface area contributed by atoms with Gasteiger partial charge in [0.2, 0.25) is 17.8 Å². The Hall–Kier alpha value is -2.22. The molecule has 2 bridgehead atoms. The molecule has 1 aromatic rings. The van der Waals surface area contributed by atoms with Gasteiger partial charge in [-0.15, -0.1) is 0 Å². The van der Waals surface area contributed by atoms with E-state index in [2.05, 4.69) is 14.9 Å². The number of nitrogens with zero attached hydrogens (tertiary/aromatic N) is 5. The smallest absolute Gasteiger partial charge is 0.246 e. The van der Waals surface area contributed by atoms with Gasteiger partial charge in [0.1, 0.15) is 6.04 Å². The second-order valence-electron chi connectivity index (χ2n) is 9.65. The van der Waals surface area contributed by atoms with Gasteiger partial charge in [0.25, 0.3) is 0 Å². The van der Waals surface area contributed by atoms with Crippen LogP contribution in [-0.4, -0.2) is 83.1 Å². The van der Waals surface area contributed by atoms with Gasteiger partial charge in [0.05, 0.1) is 12.6 Å². The first kappa shape index (κ1) is 20.7. The van der Waals surface area contributed by atoms with Crippen LogP contribution < -0.4 is 4.90 Å². The summed E-state index contributed by atoms with van der Waals surface area (Å²) in [5, 5.41) is 0. The van der Waals surface area contributed by atoms with E-state index in [1.807, 2.05) is 22.8 Å². The fourth-order valence-electron chi connectivity index (χ4n) is 6.39. The zero-order valence-corrected chi connectivity index (χ0v) is 18.6. The van der Waals surface area contributed by atoms with Crippen molar-refractivity contribution in [1.29, 1.82) is 0 Å². The predicted molar refractivity (Wildman–Crippen MR) is 115 cm³/mol. The van der Waals surface area contributed by atoms with Crippen molar-refractivity contribution in [1.82, 2.24) is 19.8 Å². The maximum Gasteiger partial charge on any atom is 0.246 e. The number of ether oxygens (including phenoxy) is 1. The van der Waals surface area contributed by atoms with Crippen LogP contribution in [-0.2, 0) is 14.3 Å². The summed E-state index contributed by atoms with van der Waals surface area (Å²) in [4.78, 5) is 42.4. The third-order valence-electron chi connectivity index (χ3n) is 7.68. The minimum Gasteiger partial charge on any atom is -0.383 e. The summed E-state index contributed by atoms with van der Waals surface area (Å²) < 4.78 is 5.39. The number of fused-ring (bicyclic) bond motifs is 4. The standard InChI is InChI=1S/C23H33N5O3/c1-15-8-9-24-23(25-15)26-12-16-11-17(13-26)21(28-19(16)6-3-7-20(28)29)22(30)27-10-4-5-18(27)14-31-2/h8-9,16-19,21H,3-7,10-14H2,1-2H3/t16-,17+,18+,19+,21-/m1/s1. The highest BCUT2D eigenvalue weighted by Crippen LogP contribution is 2.43. The summed E-state index contributed by atoms with van der Waals surface area (Å²) in [6, 6.07) is 1.79. The molecule has 5 heterocycles. The van der Waals surface area contributed by atoms with E-state index in [1.165, 1.54) is 0 Å². The lowest BCUT2D eigenvalue weighted by Crippen LogP contribution is -2.69.